The third-order valence-corrected chi connectivity index (χ3v) is 5.30. The molecule has 30 heavy (non-hydrogen) atoms. The molecule has 5 nitrogen and oxygen atoms in total. The second-order valence-corrected chi connectivity index (χ2v) is 7.64. The number of imidazole rings is 1. The number of rotatable bonds is 6. The Balaban J connectivity index is 1.59. The van der Waals surface area contributed by atoms with Crippen LogP contribution in [0.2, 0.25) is 10.0 Å². The minimum absolute atomic E-state index is 0.186. The van der Waals surface area contributed by atoms with Crippen LogP contribution in [-0.2, 0) is 11.8 Å². The standard InChI is InChI=1S/C23H19Cl2N3O2/c1-28-19-10-6-5-9-18(19)26-23(28)22(15-7-3-2-4-8-15)27-21(29)14-30-20-12-11-16(24)13-17(20)25/h2-13,22H,14H2,1H3,(H,27,29). The predicted molar refractivity (Wildman–Crippen MR) is 119 cm³/mol. The highest BCUT2D eigenvalue weighted by molar-refractivity contribution is 6.35. The summed E-state index contributed by atoms with van der Waals surface area (Å²) in [5.74, 6) is 0.845. The topological polar surface area (TPSA) is 56.2 Å². The Morgan fingerprint density at radius 3 is 2.53 bits per heavy atom. The Hall–Kier alpha value is -3.02. The van der Waals surface area contributed by atoms with Gasteiger partial charge in [-0.05, 0) is 35.9 Å². The summed E-state index contributed by atoms with van der Waals surface area (Å²) >= 11 is 12.0. The number of nitrogens with one attached hydrogen (secondary N) is 1. The van der Waals surface area contributed by atoms with Gasteiger partial charge in [0.2, 0.25) is 0 Å². The molecule has 1 unspecified atom stereocenters. The van der Waals surface area contributed by atoms with E-state index in [-0.39, 0.29) is 12.5 Å². The first-order valence-electron chi connectivity index (χ1n) is 9.36. The molecule has 0 fully saturated rings. The lowest BCUT2D eigenvalue weighted by Crippen LogP contribution is -2.34. The van der Waals surface area contributed by atoms with Gasteiger partial charge in [0.1, 0.15) is 17.6 Å². The van der Waals surface area contributed by atoms with Crippen molar-refractivity contribution in [3.63, 3.8) is 0 Å². The average molecular weight is 440 g/mol. The zero-order valence-electron chi connectivity index (χ0n) is 16.2. The Morgan fingerprint density at radius 1 is 1.07 bits per heavy atom. The highest BCUT2D eigenvalue weighted by Gasteiger charge is 2.23. The molecule has 1 aromatic heterocycles. The first-order valence-corrected chi connectivity index (χ1v) is 10.1. The quantitative estimate of drug-likeness (QED) is 0.451. The SMILES string of the molecule is Cn1c(C(NC(=O)COc2ccc(Cl)cc2Cl)c2ccccc2)nc2ccccc21. The van der Waals surface area contributed by atoms with Gasteiger partial charge in [-0.25, -0.2) is 4.98 Å². The highest BCUT2D eigenvalue weighted by Crippen LogP contribution is 2.28. The fourth-order valence-corrected chi connectivity index (χ4v) is 3.77. The molecule has 0 aliphatic rings. The molecule has 3 aromatic carbocycles. The molecule has 0 saturated carbocycles. The summed E-state index contributed by atoms with van der Waals surface area (Å²) in [6, 6.07) is 22.0. The fourth-order valence-electron chi connectivity index (χ4n) is 3.30. The van der Waals surface area contributed by atoms with Crippen LogP contribution in [0.4, 0.5) is 0 Å². The number of nitrogens with zero attached hydrogens (tertiary/aromatic N) is 2. The maximum atomic E-state index is 12.7. The molecule has 0 saturated heterocycles. The summed E-state index contributed by atoms with van der Waals surface area (Å²) in [5, 5.41) is 3.89. The van der Waals surface area contributed by atoms with Gasteiger partial charge >= 0.3 is 0 Å². The number of para-hydroxylation sites is 2. The van der Waals surface area contributed by atoms with Crippen molar-refractivity contribution < 1.29 is 9.53 Å². The Bertz CT molecular complexity index is 1190. The summed E-state index contributed by atoms with van der Waals surface area (Å²) < 4.78 is 7.58. The van der Waals surface area contributed by atoms with Gasteiger partial charge in [-0.1, -0.05) is 65.7 Å². The smallest absolute Gasteiger partial charge is 0.258 e. The summed E-state index contributed by atoms with van der Waals surface area (Å²) in [7, 11) is 1.94. The minimum atomic E-state index is -0.430. The van der Waals surface area contributed by atoms with Crippen molar-refractivity contribution in [3.05, 3.63) is 94.2 Å². The van der Waals surface area contributed by atoms with Crippen LogP contribution in [0.15, 0.2) is 72.8 Å². The van der Waals surface area contributed by atoms with Gasteiger partial charge in [0.05, 0.1) is 16.1 Å². The van der Waals surface area contributed by atoms with Gasteiger partial charge in [-0.3, -0.25) is 4.79 Å². The molecule has 0 aliphatic carbocycles. The van der Waals surface area contributed by atoms with E-state index in [9.17, 15) is 4.79 Å². The number of ether oxygens (including phenoxy) is 1. The molecule has 0 bridgehead atoms. The van der Waals surface area contributed by atoms with Crippen LogP contribution in [0.5, 0.6) is 5.75 Å². The lowest BCUT2D eigenvalue weighted by atomic mass is 10.1. The summed E-state index contributed by atoms with van der Waals surface area (Å²) in [5.41, 5.74) is 2.79. The van der Waals surface area contributed by atoms with Crippen LogP contribution >= 0.6 is 23.2 Å². The van der Waals surface area contributed by atoms with Gasteiger partial charge in [-0.2, -0.15) is 0 Å². The number of fused-ring (bicyclic) bond motifs is 1. The Kier molecular flexibility index (Phi) is 5.93. The van der Waals surface area contributed by atoms with Gasteiger partial charge in [0, 0.05) is 12.1 Å². The van der Waals surface area contributed by atoms with Crippen LogP contribution in [0, 0.1) is 0 Å². The third kappa shape index (κ3) is 4.27. The normalized spacial score (nSPS) is 12.0. The highest BCUT2D eigenvalue weighted by atomic mass is 35.5. The molecule has 1 atom stereocenters. The van der Waals surface area contributed by atoms with Crippen LogP contribution in [-0.4, -0.2) is 22.1 Å². The molecule has 0 spiro atoms. The van der Waals surface area contributed by atoms with Crippen LogP contribution in [0.1, 0.15) is 17.4 Å². The number of halogens is 2. The molecule has 1 heterocycles. The largest absolute Gasteiger partial charge is 0.482 e. The molecule has 0 radical (unpaired) electrons. The third-order valence-electron chi connectivity index (χ3n) is 4.77. The number of carbonyl (C=O) groups excluding carboxylic acids is 1. The molecule has 1 amide bonds. The van der Waals surface area contributed by atoms with E-state index in [4.69, 9.17) is 32.9 Å². The van der Waals surface area contributed by atoms with Crippen LogP contribution in [0.3, 0.4) is 0 Å². The van der Waals surface area contributed by atoms with E-state index in [1.165, 1.54) is 0 Å². The lowest BCUT2D eigenvalue weighted by molar-refractivity contribution is -0.123. The number of aryl methyl sites for hydroxylation is 1. The van der Waals surface area contributed by atoms with Crippen molar-refractivity contribution in [2.24, 2.45) is 7.05 Å². The maximum Gasteiger partial charge on any atom is 0.258 e. The summed E-state index contributed by atoms with van der Waals surface area (Å²) in [4.78, 5) is 17.5. The van der Waals surface area contributed by atoms with E-state index in [1.54, 1.807) is 18.2 Å². The minimum Gasteiger partial charge on any atom is -0.482 e. The number of carbonyl (C=O) groups is 1. The molecular weight excluding hydrogens is 421 g/mol. The van der Waals surface area contributed by atoms with E-state index in [2.05, 4.69) is 5.32 Å². The van der Waals surface area contributed by atoms with Gasteiger partial charge in [-0.15, -0.1) is 0 Å². The number of amides is 1. The number of benzene rings is 3. The van der Waals surface area contributed by atoms with Gasteiger partial charge in [0.15, 0.2) is 6.61 Å². The van der Waals surface area contributed by atoms with E-state index < -0.39 is 6.04 Å². The van der Waals surface area contributed by atoms with Gasteiger partial charge < -0.3 is 14.6 Å². The fraction of sp³-hybridized carbons (Fsp3) is 0.130. The van der Waals surface area contributed by atoms with Gasteiger partial charge in [0.25, 0.3) is 5.91 Å². The average Bonchev–Trinajstić information content (AvgIpc) is 3.08. The van der Waals surface area contributed by atoms with Crippen molar-refractivity contribution >= 4 is 40.1 Å². The van der Waals surface area contributed by atoms with E-state index in [0.717, 1.165) is 22.4 Å². The second kappa shape index (κ2) is 8.78. The Labute approximate surface area is 184 Å². The van der Waals surface area contributed by atoms with Crippen molar-refractivity contribution in [2.75, 3.05) is 6.61 Å². The monoisotopic (exact) mass is 439 g/mol. The molecular formula is C23H19Cl2N3O2. The Morgan fingerprint density at radius 2 is 1.80 bits per heavy atom. The van der Waals surface area contributed by atoms with Crippen LogP contribution in [0.25, 0.3) is 11.0 Å². The van der Waals surface area contributed by atoms with E-state index in [1.807, 2.05) is 66.2 Å². The van der Waals surface area contributed by atoms with Crippen LogP contribution < -0.4 is 10.1 Å². The van der Waals surface area contributed by atoms with Crippen molar-refractivity contribution in [1.82, 2.24) is 14.9 Å². The zero-order chi connectivity index (χ0) is 21.1. The first-order chi connectivity index (χ1) is 14.5. The van der Waals surface area contributed by atoms with Crippen molar-refractivity contribution in [2.45, 2.75) is 6.04 Å². The summed E-state index contributed by atoms with van der Waals surface area (Å²) in [6.07, 6.45) is 0. The summed E-state index contributed by atoms with van der Waals surface area (Å²) in [6.45, 7) is -0.186. The first kappa shape index (κ1) is 20.3. The van der Waals surface area contributed by atoms with E-state index in [0.29, 0.717) is 15.8 Å². The molecule has 4 rings (SSSR count). The maximum absolute atomic E-state index is 12.7. The number of aromatic nitrogens is 2. The number of hydrogen-bond acceptors (Lipinski definition) is 3. The lowest BCUT2D eigenvalue weighted by Gasteiger charge is -2.19. The molecule has 0 aliphatic heterocycles. The zero-order valence-corrected chi connectivity index (χ0v) is 17.7. The second-order valence-electron chi connectivity index (χ2n) is 6.79. The molecule has 7 heteroatoms. The number of hydrogen-bond donors (Lipinski definition) is 1. The molecule has 4 aromatic rings. The molecule has 152 valence electrons. The van der Waals surface area contributed by atoms with Crippen molar-refractivity contribution in [1.29, 1.82) is 0 Å². The predicted octanol–water partition coefficient (Wildman–Crippen LogP) is 5.16. The van der Waals surface area contributed by atoms with E-state index >= 15 is 0 Å². The molecule has 1 N–H and O–H groups in total. The van der Waals surface area contributed by atoms with Crippen molar-refractivity contribution in [3.8, 4) is 5.75 Å².